The largest absolute Gasteiger partial charge is 0.491 e. The third kappa shape index (κ3) is 5.35. The van der Waals surface area contributed by atoms with Gasteiger partial charge in [-0.1, -0.05) is 59.8 Å². The van der Waals surface area contributed by atoms with Gasteiger partial charge >= 0.3 is 0 Å². The Morgan fingerprint density at radius 3 is 2.15 bits per heavy atom. The first-order valence-corrected chi connectivity index (χ1v) is 13.3. The Morgan fingerprint density at radius 1 is 0.780 bits per heavy atom. The Morgan fingerprint density at radius 2 is 1.44 bits per heavy atom. The summed E-state index contributed by atoms with van der Waals surface area (Å²) in [7, 11) is 0. The van der Waals surface area contributed by atoms with Crippen LogP contribution in [0.3, 0.4) is 0 Å². The number of oxime groups is 1. The van der Waals surface area contributed by atoms with Gasteiger partial charge in [-0.25, -0.2) is 4.68 Å². The zero-order chi connectivity index (χ0) is 28.3. The van der Waals surface area contributed by atoms with Crippen molar-refractivity contribution in [3.05, 3.63) is 115 Å². The average Bonchev–Trinajstić information content (AvgIpc) is 3.46. The highest BCUT2D eigenvalue weighted by Crippen LogP contribution is 2.32. The average molecular weight is 541 g/mol. The molecule has 8 nitrogen and oxygen atoms in total. The van der Waals surface area contributed by atoms with Crippen molar-refractivity contribution in [1.29, 1.82) is 0 Å². The number of rotatable bonds is 7. The summed E-state index contributed by atoms with van der Waals surface area (Å²) < 4.78 is 7.64. The van der Waals surface area contributed by atoms with Crippen molar-refractivity contribution in [2.24, 2.45) is 10.9 Å². The van der Waals surface area contributed by atoms with E-state index in [-0.39, 0.29) is 11.9 Å². The van der Waals surface area contributed by atoms with Crippen LogP contribution in [-0.2, 0) is 0 Å². The molecule has 4 aromatic carbocycles. The van der Waals surface area contributed by atoms with Crippen molar-refractivity contribution >= 4 is 16.9 Å². The van der Waals surface area contributed by atoms with Gasteiger partial charge in [0.25, 0.3) is 0 Å². The van der Waals surface area contributed by atoms with E-state index in [2.05, 4.69) is 57.6 Å². The van der Waals surface area contributed by atoms with Gasteiger partial charge in [0.1, 0.15) is 5.75 Å². The number of benzene rings is 4. The first-order chi connectivity index (χ1) is 20.0. The minimum absolute atomic E-state index is 0.0288. The molecule has 0 saturated carbocycles. The van der Waals surface area contributed by atoms with Crippen LogP contribution in [0.5, 0.6) is 5.75 Å². The van der Waals surface area contributed by atoms with Crippen molar-refractivity contribution in [2.75, 3.05) is 0 Å². The maximum Gasteiger partial charge on any atom is 0.170 e. The number of fused-ring (bicyclic) bond motifs is 1. The van der Waals surface area contributed by atoms with Gasteiger partial charge in [-0.2, -0.15) is 5.10 Å². The standard InChI is InChI=1S/C33H28N6O2/c1-21(2)41-28-13-10-23(11-14-28)22-6-8-24(9-7-22)30-20-32(25-12-15-29-31(19-25)36-17-16-35-29)39(37-30)27-5-3-4-26(18-27)33(34)38-40/h3-21,40H,1-2H3,(H2,34,38). The predicted octanol–water partition coefficient (Wildman–Crippen LogP) is 6.70. The number of hydrogen-bond donors (Lipinski definition) is 2. The quantitative estimate of drug-likeness (QED) is 0.101. The molecule has 6 rings (SSSR count). The number of nitrogens with zero attached hydrogens (tertiary/aromatic N) is 5. The lowest BCUT2D eigenvalue weighted by Gasteiger charge is -2.10. The molecular formula is C33H28N6O2. The van der Waals surface area contributed by atoms with Gasteiger partial charge in [-0.15, -0.1) is 0 Å². The number of ether oxygens (including phenoxy) is 1. The second-order valence-corrected chi connectivity index (χ2v) is 9.89. The maximum atomic E-state index is 9.21. The number of amidine groups is 1. The molecule has 0 atom stereocenters. The Labute approximate surface area is 237 Å². The summed E-state index contributed by atoms with van der Waals surface area (Å²) in [5, 5.41) is 17.4. The summed E-state index contributed by atoms with van der Waals surface area (Å²) in [5.74, 6) is 0.885. The summed E-state index contributed by atoms with van der Waals surface area (Å²) in [6.45, 7) is 4.03. The second-order valence-electron chi connectivity index (χ2n) is 9.89. The fourth-order valence-electron chi connectivity index (χ4n) is 4.73. The third-order valence-corrected chi connectivity index (χ3v) is 6.71. The van der Waals surface area contributed by atoms with Crippen molar-refractivity contribution in [2.45, 2.75) is 20.0 Å². The summed E-state index contributed by atoms with van der Waals surface area (Å²) >= 11 is 0. The van der Waals surface area contributed by atoms with Crippen LogP contribution in [0, 0.1) is 0 Å². The van der Waals surface area contributed by atoms with Crippen LogP contribution in [0.15, 0.2) is 115 Å². The van der Waals surface area contributed by atoms with Gasteiger partial charge < -0.3 is 15.7 Å². The normalized spacial score (nSPS) is 11.7. The SMILES string of the molecule is CC(C)Oc1ccc(-c2ccc(-c3cc(-c4ccc5nccnc5c4)n(-c4cccc(C(N)=NO)c4)n3)cc2)cc1. The molecule has 3 N–H and O–H groups in total. The molecule has 2 aromatic heterocycles. The Bertz CT molecular complexity index is 1860. The van der Waals surface area contributed by atoms with E-state index < -0.39 is 0 Å². The van der Waals surface area contributed by atoms with Crippen molar-refractivity contribution in [3.8, 4) is 45.1 Å². The first-order valence-electron chi connectivity index (χ1n) is 13.3. The van der Waals surface area contributed by atoms with Crippen molar-refractivity contribution in [1.82, 2.24) is 19.7 Å². The van der Waals surface area contributed by atoms with Gasteiger partial charge in [-0.05, 0) is 67.4 Å². The highest BCUT2D eigenvalue weighted by molar-refractivity contribution is 5.97. The monoisotopic (exact) mass is 540 g/mol. The van der Waals surface area contributed by atoms with Crippen molar-refractivity contribution in [3.63, 3.8) is 0 Å². The zero-order valence-corrected chi connectivity index (χ0v) is 22.6. The van der Waals surface area contributed by atoms with Gasteiger partial charge in [-0.3, -0.25) is 9.97 Å². The first kappa shape index (κ1) is 25.8. The fraction of sp³-hybridized carbons (Fsp3) is 0.0909. The van der Waals surface area contributed by atoms with E-state index in [0.717, 1.165) is 56.1 Å². The summed E-state index contributed by atoms with van der Waals surface area (Å²) in [5.41, 5.74) is 14.7. The molecule has 0 aliphatic rings. The van der Waals surface area contributed by atoms with E-state index in [1.807, 2.05) is 67.1 Å². The molecule has 8 heteroatoms. The van der Waals surface area contributed by atoms with E-state index in [9.17, 15) is 5.21 Å². The summed E-state index contributed by atoms with van der Waals surface area (Å²) in [6.07, 6.45) is 3.50. The van der Waals surface area contributed by atoms with E-state index in [1.165, 1.54) is 0 Å². The molecule has 0 radical (unpaired) electrons. The summed E-state index contributed by atoms with van der Waals surface area (Å²) in [6, 6.07) is 31.9. The molecular weight excluding hydrogens is 512 g/mol. The highest BCUT2D eigenvalue weighted by atomic mass is 16.5. The smallest absolute Gasteiger partial charge is 0.170 e. The molecule has 0 saturated heterocycles. The lowest BCUT2D eigenvalue weighted by atomic mass is 10.0. The molecule has 0 amide bonds. The maximum absolute atomic E-state index is 9.21. The van der Waals surface area contributed by atoms with E-state index in [4.69, 9.17) is 15.6 Å². The second kappa shape index (κ2) is 10.9. The molecule has 0 bridgehead atoms. The van der Waals surface area contributed by atoms with E-state index >= 15 is 0 Å². The predicted molar refractivity (Wildman–Crippen MR) is 161 cm³/mol. The molecule has 0 spiro atoms. The molecule has 0 unspecified atom stereocenters. The Kier molecular flexibility index (Phi) is 6.87. The molecule has 202 valence electrons. The van der Waals surface area contributed by atoms with Gasteiger partial charge in [0, 0.05) is 29.1 Å². The van der Waals surface area contributed by atoms with Crippen LogP contribution < -0.4 is 10.5 Å². The minimum atomic E-state index is 0.0288. The molecule has 0 aliphatic heterocycles. The topological polar surface area (TPSA) is 111 Å². The fourth-order valence-corrected chi connectivity index (χ4v) is 4.73. The molecule has 6 aromatic rings. The Balaban J connectivity index is 1.41. The number of aromatic nitrogens is 4. The zero-order valence-electron chi connectivity index (χ0n) is 22.6. The van der Waals surface area contributed by atoms with E-state index in [0.29, 0.717) is 5.56 Å². The highest BCUT2D eigenvalue weighted by Gasteiger charge is 2.15. The lowest BCUT2D eigenvalue weighted by Crippen LogP contribution is -2.13. The lowest BCUT2D eigenvalue weighted by molar-refractivity contribution is 0.242. The molecule has 2 heterocycles. The van der Waals surface area contributed by atoms with Gasteiger partial charge in [0.2, 0.25) is 0 Å². The minimum Gasteiger partial charge on any atom is -0.491 e. The van der Waals surface area contributed by atoms with Crippen LogP contribution in [0.4, 0.5) is 0 Å². The molecule has 0 fully saturated rings. The summed E-state index contributed by atoms with van der Waals surface area (Å²) in [4.78, 5) is 8.88. The van der Waals surface area contributed by atoms with Gasteiger partial charge in [0.05, 0.1) is 34.2 Å². The van der Waals surface area contributed by atoms with Gasteiger partial charge in [0.15, 0.2) is 5.84 Å². The number of nitrogens with two attached hydrogens (primary N) is 1. The van der Waals surface area contributed by atoms with Crippen LogP contribution in [0.25, 0.3) is 50.4 Å². The molecule has 0 aliphatic carbocycles. The van der Waals surface area contributed by atoms with E-state index in [1.54, 1.807) is 18.5 Å². The van der Waals surface area contributed by atoms with Crippen molar-refractivity contribution < 1.29 is 9.94 Å². The van der Waals surface area contributed by atoms with Crippen LogP contribution >= 0.6 is 0 Å². The van der Waals surface area contributed by atoms with Crippen LogP contribution in [0.2, 0.25) is 0 Å². The molecule has 41 heavy (non-hydrogen) atoms. The van der Waals surface area contributed by atoms with Crippen LogP contribution in [-0.4, -0.2) is 36.9 Å². The number of hydrogen-bond acceptors (Lipinski definition) is 6. The third-order valence-electron chi connectivity index (χ3n) is 6.71. The van der Waals surface area contributed by atoms with Crippen LogP contribution in [0.1, 0.15) is 19.4 Å². The Hall–Kier alpha value is -5.50.